The minimum atomic E-state index is 0.636. The first kappa shape index (κ1) is 36.3. The lowest BCUT2D eigenvalue weighted by atomic mass is 9.94. The number of fused-ring (bicyclic) bond motifs is 7. The molecule has 12 rings (SSSR count). The van der Waals surface area contributed by atoms with Crippen LogP contribution in [0.3, 0.4) is 0 Å². The highest BCUT2D eigenvalue weighted by atomic mass is 16.3. The van der Waals surface area contributed by atoms with E-state index in [2.05, 4.69) is 140 Å². The summed E-state index contributed by atoms with van der Waals surface area (Å²) in [7, 11) is 0. The van der Waals surface area contributed by atoms with Crippen LogP contribution in [0.25, 0.3) is 122 Å². The van der Waals surface area contributed by atoms with Gasteiger partial charge < -0.3 is 4.42 Å². The summed E-state index contributed by atoms with van der Waals surface area (Å²) in [6, 6.07) is 75.8. The van der Waals surface area contributed by atoms with Gasteiger partial charge in [-0.1, -0.05) is 188 Å². The van der Waals surface area contributed by atoms with Gasteiger partial charge in [-0.05, 0) is 63.7 Å². The van der Waals surface area contributed by atoms with Crippen molar-refractivity contribution in [2.45, 2.75) is 0 Å². The third-order valence-corrected chi connectivity index (χ3v) is 11.9. The molecule has 0 N–H and O–H groups in total. The molecule has 63 heavy (non-hydrogen) atoms. The van der Waals surface area contributed by atoms with Crippen molar-refractivity contribution in [3.8, 4) is 78.8 Å². The quantitative estimate of drug-likeness (QED) is 0.150. The normalized spacial score (nSPS) is 11.5. The molecule has 0 aliphatic heterocycles. The second-order valence-electron chi connectivity index (χ2n) is 15.8. The van der Waals surface area contributed by atoms with Crippen molar-refractivity contribution in [2.24, 2.45) is 0 Å². The highest BCUT2D eigenvalue weighted by Crippen LogP contribution is 2.42. The lowest BCUT2D eigenvalue weighted by Crippen LogP contribution is -2.00. The molecule has 0 fully saturated rings. The molecular weight excluding hydrogens is 769 g/mol. The highest BCUT2D eigenvalue weighted by molar-refractivity contribution is 6.28. The Balaban J connectivity index is 0.864. The van der Waals surface area contributed by atoms with Gasteiger partial charge in [-0.3, -0.25) is 0 Å². The summed E-state index contributed by atoms with van der Waals surface area (Å²) in [5.41, 5.74) is 14.3. The van der Waals surface area contributed by atoms with E-state index in [0.29, 0.717) is 17.5 Å². The molecule has 0 aliphatic rings. The molecule has 0 saturated heterocycles. The van der Waals surface area contributed by atoms with Gasteiger partial charge in [0.1, 0.15) is 11.2 Å². The fourth-order valence-electron chi connectivity index (χ4n) is 8.79. The van der Waals surface area contributed by atoms with Crippen LogP contribution in [0, 0.1) is 0 Å². The number of nitrogens with zero attached hydrogens (tertiary/aromatic N) is 4. The van der Waals surface area contributed by atoms with E-state index in [9.17, 15) is 0 Å². The number of para-hydroxylation sites is 1. The zero-order valence-electron chi connectivity index (χ0n) is 34.0. The van der Waals surface area contributed by atoms with E-state index in [1.54, 1.807) is 0 Å². The van der Waals surface area contributed by atoms with E-state index >= 15 is 0 Å². The van der Waals surface area contributed by atoms with Crippen molar-refractivity contribution in [2.75, 3.05) is 0 Å². The van der Waals surface area contributed by atoms with Crippen LogP contribution < -0.4 is 0 Å². The molecule has 12 aromatic rings. The molecule has 0 saturated carbocycles. The number of benzene rings is 9. The number of aromatic nitrogens is 4. The molecule has 0 spiro atoms. The van der Waals surface area contributed by atoms with E-state index in [1.807, 2.05) is 78.9 Å². The van der Waals surface area contributed by atoms with E-state index < -0.39 is 0 Å². The number of furan rings is 1. The molecule has 0 radical (unpaired) electrons. The Bertz CT molecular complexity index is 3580. The first-order valence-corrected chi connectivity index (χ1v) is 21.1. The zero-order valence-corrected chi connectivity index (χ0v) is 34.0. The topological polar surface area (TPSA) is 64.7 Å². The molecule has 5 nitrogen and oxygen atoms in total. The average Bonchev–Trinajstić information content (AvgIpc) is 3.76. The van der Waals surface area contributed by atoms with Gasteiger partial charge in [-0.2, -0.15) is 0 Å². The highest BCUT2D eigenvalue weighted by Gasteiger charge is 2.18. The largest absolute Gasteiger partial charge is 0.456 e. The van der Waals surface area contributed by atoms with Gasteiger partial charge >= 0.3 is 0 Å². The summed E-state index contributed by atoms with van der Waals surface area (Å²) in [5, 5.41) is 5.62. The third-order valence-electron chi connectivity index (χ3n) is 11.9. The van der Waals surface area contributed by atoms with Gasteiger partial charge in [0, 0.05) is 49.2 Å². The second-order valence-corrected chi connectivity index (χ2v) is 15.8. The van der Waals surface area contributed by atoms with E-state index in [0.717, 1.165) is 99.6 Å². The molecule has 294 valence electrons. The molecule has 3 heterocycles. The summed E-state index contributed by atoms with van der Waals surface area (Å²) < 4.78 is 6.35. The van der Waals surface area contributed by atoms with Crippen molar-refractivity contribution in [1.29, 1.82) is 0 Å². The maximum Gasteiger partial charge on any atom is 0.164 e. The van der Waals surface area contributed by atoms with E-state index in [1.165, 1.54) is 5.39 Å². The molecule has 0 amide bonds. The minimum Gasteiger partial charge on any atom is -0.456 e. The molecule has 0 bridgehead atoms. The molecular formula is C58H36N4O. The standard InChI is InChI=1S/C58H36N4O/c1-4-13-41(14-5-1)55-49-33-34-52-54(48-21-10-11-22-51(48)63-52)53(49)47-32-31-45(36-50(47)59-55)40-29-25-38(26-30-40)37-23-27-39(28-24-37)44-19-12-20-46(35-44)58-61-56(42-15-6-2-7-16-42)60-57(62-58)43-17-8-3-9-18-43/h1-36H. The van der Waals surface area contributed by atoms with Crippen molar-refractivity contribution in [3.05, 3.63) is 218 Å². The van der Waals surface area contributed by atoms with Crippen LogP contribution in [0.5, 0.6) is 0 Å². The Morgan fingerprint density at radius 2 is 0.714 bits per heavy atom. The first-order chi connectivity index (χ1) is 31.2. The fraction of sp³-hybridized carbons (Fsp3) is 0. The third kappa shape index (κ3) is 6.60. The van der Waals surface area contributed by atoms with Gasteiger partial charge in [-0.15, -0.1) is 0 Å². The first-order valence-electron chi connectivity index (χ1n) is 21.1. The van der Waals surface area contributed by atoms with Gasteiger partial charge in [0.25, 0.3) is 0 Å². The SMILES string of the molecule is c1ccc(-c2nc(-c3ccccc3)nc(-c3cccc(-c4ccc(-c5ccc(-c6ccc7c(c6)nc(-c6ccccc6)c6ccc8oc9ccccc9c8c67)cc5)cc4)c3)n2)cc1. The van der Waals surface area contributed by atoms with Gasteiger partial charge in [0.2, 0.25) is 0 Å². The monoisotopic (exact) mass is 804 g/mol. The van der Waals surface area contributed by atoms with E-state index in [-0.39, 0.29) is 0 Å². The number of pyridine rings is 1. The molecule has 3 aromatic heterocycles. The predicted octanol–water partition coefficient (Wildman–Crippen LogP) is 15.1. The fourth-order valence-corrected chi connectivity index (χ4v) is 8.79. The summed E-state index contributed by atoms with van der Waals surface area (Å²) in [5.74, 6) is 1.93. The van der Waals surface area contributed by atoms with Crippen LogP contribution in [0.4, 0.5) is 0 Å². The maximum atomic E-state index is 6.35. The van der Waals surface area contributed by atoms with Gasteiger partial charge in [-0.25, -0.2) is 19.9 Å². The van der Waals surface area contributed by atoms with Gasteiger partial charge in [0.15, 0.2) is 17.5 Å². The summed E-state index contributed by atoms with van der Waals surface area (Å²) in [6.45, 7) is 0. The van der Waals surface area contributed by atoms with Gasteiger partial charge in [0.05, 0.1) is 11.2 Å². The summed E-state index contributed by atoms with van der Waals surface area (Å²) in [4.78, 5) is 20.1. The van der Waals surface area contributed by atoms with Crippen molar-refractivity contribution in [3.63, 3.8) is 0 Å². The molecule has 0 aliphatic carbocycles. The van der Waals surface area contributed by atoms with E-state index in [4.69, 9.17) is 24.4 Å². The summed E-state index contributed by atoms with van der Waals surface area (Å²) >= 11 is 0. The van der Waals surface area contributed by atoms with Crippen LogP contribution in [0.15, 0.2) is 223 Å². The van der Waals surface area contributed by atoms with Crippen LogP contribution in [0.1, 0.15) is 0 Å². The van der Waals surface area contributed by atoms with Crippen LogP contribution >= 0.6 is 0 Å². The second kappa shape index (κ2) is 15.2. The maximum absolute atomic E-state index is 6.35. The smallest absolute Gasteiger partial charge is 0.164 e. The van der Waals surface area contributed by atoms with Crippen molar-refractivity contribution in [1.82, 2.24) is 19.9 Å². The number of hydrogen-bond acceptors (Lipinski definition) is 5. The van der Waals surface area contributed by atoms with Crippen molar-refractivity contribution < 1.29 is 4.42 Å². The van der Waals surface area contributed by atoms with Crippen LogP contribution in [-0.4, -0.2) is 19.9 Å². The zero-order chi connectivity index (χ0) is 41.7. The van der Waals surface area contributed by atoms with Crippen LogP contribution in [-0.2, 0) is 0 Å². The Labute approximate surface area is 363 Å². The molecule has 0 atom stereocenters. The Morgan fingerprint density at radius 1 is 0.254 bits per heavy atom. The number of rotatable bonds is 7. The van der Waals surface area contributed by atoms with Crippen LogP contribution in [0.2, 0.25) is 0 Å². The average molecular weight is 805 g/mol. The molecule has 5 heteroatoms. The lowest BCUT2D eigenvalue weighted by molar-refractivity contribution is 0.669. The molecule has 0 unspecified atom stereocenters. The predicted molar refractivity (Wildman–Crippen MR) is 258 cm³/mol. The summed E-state index contributed by atoms with van der Waals surface area (Å²) in [6.07, 6.45) is 0. The Kier molecular flexibility index (Phi) is 8.75. The minimum absolute atomic E-state index is 0.636. The Hall–Kier alpha value is -8.54. The lowest BCUT2D eigenvalue weighted by Gasteiger charge is -2.13. The molecule has 9 aromatic carbocycles. The number of hydrogen-bond donors (Lipinski definition) is 0. The Morgan fingerprint density at radius 3 is 1.33 bits per heavy atom. The van der Waals surface area contributed by atoms with Crippen molar-refractivity contribution >= 4 is 43.6 Å².